The molecule has 0 N–H and O–H groups in total. The highest BCUT2D eigenvalue weighted by Gasteiger charge is 2.27. The maximum absolute atomic E-state index is 12.8. The molecule has 158 valence electrons. The molecule has 1 atom stereocenters. The van der Waals surface area contributed by atoms with Crippen molar-refractivity contribution < 1.29 is 18.0 Å². The predicted molar refractivity (Wildman–Crippen MR) is 118 cm³/mol. The second-order valence-electron chi connectivity index (χ2n) is 6.12. The van der Waals surface area contributed by atoms with E-state index < -0.39 is 18.6 Å². The number of anilines is 1. The van der Waals surface area contributed by atoms with Crippen LogP contribution in [0.5, 0.6) is 0 Å². The van der Waals surface area contributed by atoms with Crippen molar-refractivity contribution in [2.45, 2.75) is 45.8 Å². The van der Waals surface area contributed by atoms with Gasteiger partial charge in [0.2, 0.25) is 5.91 Å². The van der Waals surface area contributed by atoms with Gasteiger partial charge in [-0.15, -0.1) is 6.42 Å². The Morgan fingerprint density at radius 3 is 2.76 bits per heavy atom. The lowest BCUT2D eigenvalue weighted by Gasteiger charge is -2.25. The number of thiazole rings is 1. The minimum absolute atomic E-state index is 0.0672. The van der Waals surface area contributed by atoms with Crippen LogP contribution in [0, 0.1) is 19.3 Å². The van der Waals surface area contributed by atoms with Crippen LogP contribution < -0.4 is 4.90 Å². The highest BCUT2D eigenvalue weighted by Crippen LogP contribution is 2.34. The van der Waals surface area contributed by atoms with Crippen LogP contribution in [0.15, 0.2) is 23.3 Å². The zero-order chi connectivity index (χ0) is 22.0. The average Bonchev–Trinajstić information content (AvgIpc) is 3.02. The minimum Gasteiger partial charge on any atom is -0.288 e. The first-order valence-electron chi connectivity index (χ1n) is 8.80. The van der Waals surface area contributed by atoms with Crippen molar-refractivity contribution >= 4 is 46.3 Å². The summed E-state index contributed by atoms with van der Waals surface area (Å²) >= 11 is 2.45. The van der Waals surface area contributed by atoms with Crippen LogP contribution in [-0.2, 0) is 4.79 Å². The molecule has 1 aromatic heterocycles. The summed E-state index contributed by atoms with van der Waals surface area (Å²) in [6.07, 6.45) is 5.73. The molecule has 0 aromatic carbocycles. The fourth-order valence-electron chi connectivity index (χ4n) is 2.25. The number of aromatic nitrogens is 1. The SMILES string of the molecule is C#CC(C)N(C(=O)CCSCCC(F)(F)F)c1sc(/C(C)=C/C=C\N=C)nc1C. The standard InChI is InChI=1S/C20H24F3N3OS2/c1-6-15(3)26(17(27)9-12-28-13-10-20(21,22)23)19-16(4)25-18(29-19)14(2)8-7-11-24-5/h1,7-8,11,15H,5,9-10,12-13H2,2-4H3/b11-7-,14-8+. The lowest BCUT2D eigenvalue weighted by atomic mass is 10.2. The van der Waals surface area contributed by atoms with Crippen molar-refractivity contribution in [1.29, 1.82) is 0 Å². The van der Waals surface area contributed by atoms with E-state index in [0.29, 0.717) is 16.4 Å². The summed E-state index contributed by atoms with van der Waals surface area (Å²) in [6, 6.07) is -0.496. The summed E-state index contributed by atoms with van der Waals surface area (Å²) in [5, 5.41) is 1.39. The van der Waals surface area contributed by atoms with Crippen molar-refractivity contribution in [3.05, 3.63) is 29.1 Å². The molecule has 0 spiro atoms. The normalized spacial score (nSPS) is 13.3. The third-order valence-corrected chi connectivity index (χ3v) is 6.03. The zero-order valence-electron chi connectivity index (χ0n) is 16.6. The number of alkyl halides is 3. The van der Waals surface area contributed by atoms with Crippen molar-refractivity contribution in [2.75, 3.05) is 16.4 Å². The minimum atomic E-state index is -4.18. The molecular weight excluding hydrogens is 419 g/mol. The van der Waals surface area contributed by atoms with E-state index in [1.807, 2.05) is 13.0 Å². The Hall–Kier alpha value is -2.05. The fourth-order valence-corrected chi connectivity index (χ4v) is 4.29. The van der Waals surface area contributed by atoms with Crippen molar-refractivity contribution in [2.24, 2.45) is 4.99 Å². The van der Waals surface area contributed by atoms with Crippen LogP contribution in [-0.4, -0.2) is 41.3 Å². The van der Waals surface area contributed by atoms with E-state index in [1.165, 1.54) is 16.2 Å². The molecule has 4 nitrogen and oxygen atoms in total. The second-order valence-corrected chi connectivity index (χ2v) is 8.32. The topological polar surface area (TPSA) is 45.6 Å². The summed E-state index contributed by atoms with van der Waals surface area (Å²) in [7, 11) is 0. The smallest absolute Gasteiger partial charge is 0.288 e. The number of hydrogen-bond acceptors (Lipinski definition) is 5. The molecule has 0 aliphatic rings. The summed E-state index contributed by atoms with van der Waals surface area (Å²) in [4.78, 5) is 22.4. The number of nitrogens with zero attached hydrogens (tertiary/aromatic N) is 3. The quantitative estimate of drug-likeness (QED) is 0.208. The largest absolute Gasteiger partial charge is 0.389 e. The Morgan fingerprint density at radius 2 is 2.17 bits per heavy atom. The van der Waals surface area contributed by atoms with Gasteiger partial charge < -0.3 is 0 Å². The predicted octanol–water partition coefficient (Wildman–Crippen LogP) is 5.50. The van der Waals surface area contributed by atoms with Gasteiger partial charge in [-0.3, -0.25) is 14.7 Å². The number of aryl methyl sites for hydroxylation is 1. The van der Waals surface area contributed by atoms with Crippen LogP contribution in [0.4, 0.5) is 18.2 Å². The Balaban J connectivity index is 2.92. The van der Waals surface area contributed by atoms with E-state index in [0.717, 1.165) is 22.3 Å². The maximum atomic E-state index is 12.8. The van der Waals surface area contributed by atoms with E-state index in [-0.39, 0.29) is 18.1 Å². The number of rotatable bonds is 10. The van der Waals surface area contributed by atoms with E-state index >= 15 is 0 Å². The molecule has 0 aliphatic heterocycles. The number of amides is 1. The van der Waals surface area contributed by atoms with Crippen LogP contribution in [0.2, 0.25) is 0 Å². The molecular formula is C20H24F3N3OS2. The molecule has 1 amide bonds. The van der Waals surface area contributed by atoms with Crippen LogP contribution >= 0.6 is 23.1 Å². The molecule has 29 heavy (non-hydrogen) atoms. The highest BCUT2D eigenvalue weighted by molar-refractivity contribution is 7.99. The number of halogens is 3. The van der Waals surface area contributed by atoms with Gasteiger partial charge in [0.05, 0.1) is 18.2 Å². The fraction of sp³-hybridized carbons (Fsp3) is 0.450. The first kappa shape index (κ1) is 25.0. The molecule has 0 saturated heterocycles. The molecule has 0 bridgehead atoms. The number of terminal acetylenes is 1. The first-order chi connectivity index (χ1) is 13.6. The Morgan fingerprint density at radius 1 is 1.48 bits per heavy atom. The average molecular weight is 444 g/mol. The van der Waals surface area contributed by atoms with Gasteiger partial charge in [0.1, 0.15) is 10.0 Å². The summed E-state index contributed by atoms with van der Waals surface area (Å²) in [6.45, 7) is 8.79. The number of carbonyl (C=O) groups is 1. The molecule has 1 unspecified atom stereocenters. The van der Waals surface area contributed by atoms with Gasteiger partial charge in [-0.2, -0.15) is 24.9 Å². The first-order valence-corrected chi connectivity index (χ1v) is 10.8. The molecule has 0 saturated carbocycles. The molecule has 1 rings (SSSR count). The Bertz CT molecular complexity index is 807. The maximum Gasteiger partial charge on any atom is 0.389 e. The molecule has 9 heteroatoms. The monoisotopic (exact) mass is 443 g/mol. The molecule has 1 heterocycles. The number of hydrogen-bond donors (Lipinski definition) is 0. The van der Waals surface area contributed by atoms with Gasteiger partial charge in [0.25, 0.3) is 0 Å². The highest BCUT2D eigenvalue weighted by atomic mass is 32.2. The van der Waals surface area contributed by atoms with Gasteiger partial charge in [0, 0.05) is 24.1 Å². The third-order valence-electron chi connectivity index (χ3n) is 3.75. The number of carbonyl (C=O) groups excluding carboxylic acids is 1. The van der Waals surface area contributed by atoms with Gasteiger partial charge in [-0.05, 0) is 39.1 Å². The molecule has 1 aromatic rings. The lowest BCUT2D eigenvalue weighted by molar-refractivity contribution is -0.129. The van der Waals surface area contributed by atoms with Gasteiger partial charge in [0.15, 0.2) is 0 Å². The Kier molecular flexibility index (Phi) is 10.2. The van der Waals surface area contributed by atoms with E-state index in [4.69, 9.17) is 6.42 Å². The third kappa shape index (κ3) is 8.46. The second kappa shape index (κ2) is 11.8. The van der Waals surface area contributed by atoms with Crippen LogP contribution in [0.1, 0.15) is 37.4 Å². The molecule has 0 aliphatic carbocycles. The van der Waals surface area contributed by atoms with Gasteiger partial charge in [-0.1, -0.05) is 23.3 Å². The van der Waals surface area contributed by atoms with Crippen LogP contribution in [0.25, 0.3) is 5.57 Å². The van der Waals surface area contributed by atoms with Crippen molar-refractivity contribution in [3.63, 3.8) is 0 Å². The van der Waals surface area contributed by atoms with Gasteiger partial charge in [-0.25, -0.2) is 4.98 Å². The zero-order valence-corrected chi connectivity index (χ0v) is 18.3. The molecule has 0 radical (unpaired) electrons. The van der Waals surface area contributed by atoms with Crippen molar-refractivity contribution in [3.8, 4) is 12.3 Å². The summed E-state index contributed by atoms with van der Waals surface area (Å²) in [5.74, 6) is 2.56. The van der Waals surface area contributed by atoms with Crippen molar-refractivity contribution in [1.82, 2.24) is 4.98 Å². The molecule has 0 fully saturated rings. The summed E-state index contributed by atoms with van der Waals surface area (Å²) < 4.78 is 36.7. The summed E-state index contributed by atoms with van der Waals surface area (Å²) in [5.41, 5.74) is 1.57. The number of thioether (sulfide) groups is 1. The Labute approximate surface area is 178 Å². The lowest BCUT2D eigenvalue weighted by Crippen LogP contribution is -2.38. The number of aliphatic imine (C=N–C) groups is 1. The number of allylic oxidation sites excluding steroid dienone is 3. The van der Waals surface area contributed by atoms with Crippen LogP contribution in [0.3, 0.4) is 0 Å². The van der Waals surface area contributed by atoms with Gasteiger partial charge >= 0.3 is 6.18 Å². The van der Waals surface area contributed by atoms with E-state index in [2.05, 4.69) is 22.6 Å². The van der Waals surface area contributed by atoms with E-state index in [9.17, 15) is 18.0 Å². The van der Waals surface area contributed by atoms with E-state index in [1.54, 1.807) is 26.1 Å².